The number of carbonyl (C=O) groups is 1. The molecule has 2 aromatic carbocycles. The van der Waals surface area contributed by atoms with Gasteiger partial charge in [0.25, 0.3) is 0 Å². The number of hydrogen-bond acceptors (Lipinski definition) is 4. The minimum absolute atomic E-state index is 0.271. The van der Waals surface area contributed by atoms with Crippen molar-refractivity contribution in [3.63, 3.8) is 0 Å². The molecule has 1 aromatic heterocycles. The lowest BCUT2D eigenvalue weighted by atomic mass is 10.1. The molecule has 4 nitrogen and oxygen atoms in total. The van der Waals surface area contributed by atoms with E-state index < -0.39 is 25.0 Å². The quantitative estimate of drug-likeness (QED) is 0.518. The van der Waals surface area contributed by atoms with Crippen molar-refractivity contribution in [1.29, 1.82) is 0 Å². The molecule has 3 rings (SSSR count). The number of aromatic hydroxyl groups is 2. The molecule has 0 fully saturated rings. The van der Waals surface area contributed by atoms with Crippen LogP contribution in [-0.2, 0) is 4.79 Å². The van der Waals surface area contributed by atoms with Crippen LogP contribution in [0.3, 0.4) is 0 Å². The lowest BCUT2D eigenvalue weighted by Gasteiger charge is -2.05. The highest BCUT2D eigenvalue weighted by molar-refractivity contribution is 7.22. The van der Waals surface area contributed by atoms with E-state index in [4.69, 9.17) is 0 Å². The Bertz CT molecular complexity index is 949. The third kappa shape index (κ3) is 6.62. The minimum atomic E-state index is -4.21. The van der Waals surface area contributed by atoms with Gasteiger partial charge < -0.3 is 15.5 Å². The lowest BCUT2D eigenvalue weighted by molar-refractivity contribution is -0.134. The Kier molecular flexibility index (Phi) is 7.06. The van der Waals surface area contributed by atoms with Gasteiger partial charge in [0.05, 0.1) is 6.42 Å². The van der Waals surface area contributed by atoms with Crippen LogP contribution in [0.5, 0.6) is 11.5 Å². The van der Waals surface area contributed by atoms with Crippen molar-refractivity contribution in [2.45, 2.75) is 12.6 Å². The number of rotatable bonds is 4. The second kappa shape index (κ2) is 9.27. The fourth-order valence-corrected chi connectivity index (χ4v) is 3.29. The van der Waals surface area contributed by atoms with Crippen molar-refractivity contribution in [2.75, 3.05) is 6.54 Å². The molecule has 3 N–H and O–H groups in total. The van der Waals surface area contributed by atoms with Gasteiger partial charge in [-0.3, -0.25) is 4.79 Å². The van der Waals surface area contributed by atoms with Crippen LogP contribution in [0.15, 0.2) is 61.2 Å². The maximum Gasteiger partial charge on any atom is 0.390 e. The molecule has 0 aliphatic heterocycles. The number of hydrogen-bond donors (Lipinski definition) is 3. The van der Waals surface area contributed by atoms with Crippen molar-refractivity contribution in [1.82, 2.24) is 5.32 Å². The molecule has 1 amide bonds. The first-order chi connectivity index (χ1) is 13.2. The standard InChI is InChI=1S/C14H10O2S.C6H8F3NO/c15-11-4-1-9(2-5-11)13-7-10-3-6-12(16)8-14(10)17-13;1-2-5(11)10-4-3-6(7,8)9/h1-8,15-16H;2H,1,3-4H2,(H,10,11). The highest BCUT2D eigenvalue weighted by Crippen LogP contribution is 2.35. The molecule has 0 atom stereocenters. The molecular formula is C20H18F3NO3S. The minimum Gasteiger partial charge on any atom is -0.508 e. The monoisotopic (exact) mass is 409 g/mol. The summed E-state index contributed by atoms with van der Waals surface area (Å²) in [7, 11) is 0. The predicted octanol–water partition coefficient (Wildman–Crippen LogP) is 5.22. The molecule has 0 saturated heterocycles. The molecule has 8 heteroatoms. The van der Waals surface area contributed by atoms with Crippen LogP contribution in [0.25, 0.3) is 20.5 Å². The van der Waals surface area contributed by atoms with Gasteiger partial charge >= 0.3 is 6.18 Å². The van der Waals surface area contributed by atoms with E-state index in [1.807, 2.05) is 23.5 Å². The number of halogens is 3. The van der Waals surface area contributed by atoms with Crippen molar-refractivity contribution < 1.29 is 28.2 Å². The molecule has 0 aliphatic rings. The summed E-state index contributed by atoms with van der Waals surface area (Å²) in [5.41, 5.74) is 1.07. The summed E-state index contributed by atoms with van der Waals surface area (Å²) in [6.07, 6.45) is -4.29. The van der Waals surface area contributed by atoms with E-state index in [9.17, 15) is 28.2 Å². The van der Waals surface area contributed by atoms with Crippen molar-refractivity contribution >= 4 is 27.3 Å². The average molecular weight is 409 g/mol. The third-order valence-electron chi connectivity index (χ3n) is 3.55. The first-order valence-corrected chi connectivity index (χ1v) is 8.98. The topological polar surface area (TPSA) is 69.6 Å². The van der Waals surface area contributed by atoms with Gasteiger partial charge in [-0.25, -0.2) is 0 Å². The summed E-state index contributed by atoms with van der Waals surface area (Å²) in [6, 6.07) is 14.6. The summed E-state index contributed by atoms with van der Waals surface area (Å²) in [5.74, 6) is -0.0293. The fraction of sp³-hybridized carbons (Fsp3) is 0.150. The fourth-order valence-electron chi connectivity index (χ4n) is 2.19. The SMILES string of the molecule is C=CC(=O)NCCC(F)(F)F.Oc1ccc(-c2cc3ccc(O)cc3s2)cc1. The Morgan fingerprint density at radius 2 is 1.71 bits per heavy atom. The molecule has 0 radical (unpaired) electrons. The largest absolute Gasteiger partial charge is 0.508 e. The van der Waals surface area contributed by atoms with Crippen LogP contribution >= 0.6 is 11.3 Å². The summed E-state index contributed by atoms with van der Waals surface area (Å²) in [4.78, 5) is 11.4. The van der Waals surface area contributed by atoms with E-state index in [0.29, 0.717) is 0 Å². The Labute approximate surface area is 163 Å². The zero-order chi connectivity index (χ0) is 20.7. The van der Waals surface area contributed by atoms with Gasteiger partial charge in [-0.05, 0) is 65.6 Å². The molecule has 148 valence electrons. The van der Waals surface area contributed by atoms with Crippen molar-refractivity contribution in [2.24, 2.45) is 0 Å². The molecule has 3 aromatic rings. The zero-order valence-corrected chi connectivity index (χ0v) is 15.5. The number of thiophene rings is 1. The highest BCUT2D eigenvalue weighted by atomic mass is 32.1. The maximum absolute atomic E-state index is 11.4. The Morgan fingerprint density at radius 3 is 2.32 bits per heavy atom. The van der Waals surface area contributed by atoms with Gasteiger partial charge in [-0.1, -0.05) is 6.58 Å². The van der Waals surface area contributed by atoms with Crippen molar-refractivity contribution in [3.8, 4) is 21.9 Å². The highest BCUT2D eigenvalue weighted by Gasteiger charge is 2.26. The number of phenols is 2. The number of alkyl halides is 3. The van der Waals surface area contributed by atoms with Crippen LogP contribution in [-0.4, -0.2) is 28.8 Å². The molecule has 1 heterocycles. The van der Waals surface area contributed by atoms with Crippen LogP contribution in [0.1, 0.15) is 6.42 Å². The summed E-state index contributed by atoms with van der Waals surface area (Å²) < 4.78 is 35.4. The molecule has 28 heavy (non-hydrogen) atoms. The number of phenolic OH excluding ortho intramolecular Hbond substituents is 2. The van der Waals surface area contributed by atoms with E-state index in [1.165, 1.54) is 0 Å². The lowest BCUT2D eigenvalue weighted by Crippen LogP contribution is -2.26. The maximum atomic E-state index is 11.4. The van der Waals surface area contributed by atoms with Gasteiger partial charge in [0.15, 0.2) is 0 Å². The van der Waals surface area contributed by atoms with Crippen molar-refractivity contribution in [3.05, 3.63) is 61.2 Å². The first-order valence-electron chi connectivity index (χ1n) is 8.17. The smallest absolute Gasteiger partial charge is 0.390 e. The number of benzene rings is 2. The van der Waals surface area contributed by atoms with E-state index in [2.05, 4.69) is 12.6 Å². The van der Waals surface area contributed by atoms with E-state index in [0.717, 1.165) is 26.6 Å². The number of carbonyl (C=O) groups excluding carboxylic acids is 1. The summed E-state index contributed by atoms with van der Waals surface area (Å²) >= 11 is 1.63. The average Bonchev–Trinajstić information content (AvgIpc) is 3.04. The summed E-state index contributed by atoms with van der Waals surface area (Å²) in [5, 5.41) is 21.8. The summed E-state index contributed by atoms with van der Waals surface area (Å²) in [6.45, 7) is 2.69. The van der Waals surface area contributed by atoms with E-state index >= 15 is 0 Å². The zero-order valence-electron chi connectivity index (χ0n) is 14.7. The van der Waals surface area contributed by atoms with Gasteiger partial charge in [-0.2, -0.15) is 13.2 Å². The number of amides is 1. The normalized spacial score (nSPS) is 10.8. The van der Waals surface area contributed by atoms with Crippen LogP contribution in [0.2, 0.25) is 0 Å². The van der Waals surface area contributed by atoms with Gasteiger partial charge in [-0.15, -0.1) is 11.3 Å². The molecule has 0 unspecified atom stereocenters. The van der Waals surface area contributed by atoms with E-state index in [-0.39, 0.29) is 11.5 Å². The first kappa shape index (κ1) is 21.3. The molecular weight excluding hydrogens is 391 g/mol. The van der Waals surface area contributed by atoms with Crippen LogP contribution < -0.4 is 5.32 Å². The molecule has 0 aliphatic carbocycles. The van der Waals surface area contributed by atoms with Gasteiger partial charge in [0.1, 0.15) is 11.5 Å². The second-order valence-electron chi connectivity index (χ2n) is 5.74. The van der Waals surface area contributed by atoms with Crippen LogP contribution in [0.4, 0.5) is 13.2 Å². The number of fused-ring (bicyclic) bond motifs is 1. The van der Waals surface area contributed by atoms with Gasteiger partial charge in [0, 0.05) is 16.1 Å². The Morgan fingerprint density at radius 1 is 1.07 bits per heavy atom. The molecule has 0 saturated carbocycles. The predicted molar refractivity (Wildman–Crippen MR) is 104 cm³/mol. The number of nitrogens with one attached hydrogen (secondary N) is 1. The Hall–Kier alpha value is -3.00. The Balaban J connectivity index is 0.000000224. The van der Waals surface area contributed by atoms with E-state index in [1.54, 1.807) is 35.6 Å². The molecule has 0 bridgehead atoms. The third-order valence-corrected chi connectivity index (χ3v) is 4.70. The van der Waals surface area contributed by atoms with Gasteiger partial charge in [0.2, 0.25) is 5.91 Å². The van der Waals surface area contributed by atoms with Crippen LogP contribution in [0, 0.1) is 0 Å². The molecule has 0 spiro atoms. The second-order valence-corrected chi connectivity index (χ2v) is 6.82.